The molecule has 0 saturated heterocycles. The van der Waals surface area contributed by atoms with E-state index in [9.17, 15) is 19.2 Å². The number of esters is 1. The van der Waals surface area contributed by atoms with E-state index in [1.165, 1.54) is 0 Å². The first kappa shape index (κ1) is 27.5. The number of hydrogen-bond donors (Lipinski definition) is 3. The molecule has 2 aliphatic rings. The SMILES string of the molecule is CC(C)(C)OC(=O)NCC1(C(=O)O)CC1.CCOC(=O)C1(CNC(=O)OC(C)(C)C)CC1. The Bertz CT molecular complexity index is 698. The molecule has 2 saturated carbocycles. The van der Waals surface area contributed by atoms with Crippen LogP contribution in [-0.2, 0) is 23.8 Å². The first-order valence-electron chi connectivity index (χ1n) is 10.9. The number of alkyl carbamates (subject to hydrolysis) is 2. The maximum absolute atomic E-state index is 11.6. The highest BCUT2D eigenvalue weighted by Gasteiger charge is 2.52. The van der Waals surface area contributed by atoms with Gasteiger partial charge in [-0.15, -0.1) is 0 Å². The van der Waals surface area contributed by atoms with Gasteiger partial charge >= 0.3 is 24.1 Å². The molecule has 32 heavy (non-hydrogen) atoms. The zero-order valence-electron chi connectivity index (χ0n) is 20.3. The van der Waals surface area contributed by atoms with Crippen molar-refractivity contribution in [2.75, 3.05) is 19.7 Å². The molecule has 0 heterocycles. The van der Waals surface area contributed by atoms with Gasteiger partial charge < -0.3 is 30.0 Å². The molecule has 3 N–H and O–H groups in total. The lowest BCUT2D eigenvalue weighted by molar-refractivity contribution is -0.149. The van der Waals surface area contributed by atoms with Gasteiger partial charge in [0.15, 0.2) is 0 Å². The van der Waals surface area contributed by atoms with Gasteiger partial charge in [0.1, 0.15) is 11.2 Å². The summed E-state index contributed by atoms with van der Waals surface area (Å²) in [5.41, 5.74) is -2.32. The van der Waals surface area contributed by atoms with Crippen LogP contribution in [0.15, 0.2) is 0 Å². The molecular weight excluding hydrogens is 420 g/mol. The van der Waals surface area contributed by atoms with E-state index >= 15 is 0 Å². The van der Waals surface area contributed by atoms with Crippen molar-refractivity contribution in [3.63, 3.8) is 0 Å². The number of carbonyl (C=O) groups excluding carboxylic acids is 3. The van der Waals surface area contributed by atoms with Gasteiger partial charge in [-0.2, -0.15) is 0 Å². The van der Waals surface area contributed by atoms with Crippen LogP contribution < -0.4 is 10.6 Å². The molecule has 0 atom stereocenters. The molecule has 0 aromatic rings. The van der Waals surface area contributed by atoms with Gasteiger partial charge in [-0.25, -0.2) is 9.59 Å². The van der Waals surface area contributed by atoms with Crippen LogP contribution in [0.2, 0.25) is 0 Å². The highest BCUT2D eigenvalue weighted by molar-refractivity contribution is 5.81. The van der Waals surface area contributed by atoms with Crippen LogP contribution in [0.25, 0.3) is 0 Å². The lowest BCUT2D eigenvalue weighted by atomic mass is 10.1. The standard InChI is InChI=1S/C12H21NO4.C10H17NO4/c1-5-16-9(14)12(6-7-12)8-13-10(15)17-11(2,3)4;1-9(2,3)15-8(14)11-6-10(4-5-10)7(12)13/h5-8H2,1-4H3,(H,13,15);4-6H2,1-3H3,(H,11,14)(H,12,13). The number of aliphatic carboxylic acids is 1. The predicted octanol–water partition coefficient (Wildman–Crippen LogP) is 3.23. The van der Waals surface area contributed by atoms with Gasteiger partial charge in [-0.3, -0.25) is 9.59 Å². The highest BCUT2D eigenvalue weighted by atomic mass is 16.6. The zero-order valence-corrected chi connectivity index (χ0v) is 20.3. The second-order valence-corrected chi connectivity index (χ2v) is 10.3. The molecule has 0 aromatic heterocycles. The summed E-state index contributed by atoms with van der Waals surface area (Å²) in [6, 6.07) is 0. The highest BCUT2D eigenvalue weighted by Crippen LogP contribution is 2.46. The topological polar surface area (TPSA) is 140 Å². The van der Waals surface area contributed by atoms with Gasteiger partial charge in [0.05, 0.1) is 17.4 Å². The fraction of sp³-hybridized carbons (Fsp3) is 0.818. The number of amides is 2. The van der Waals surface area contributed by atoms with E-state index in [1.807, 2.05) is 0 Å². The first-order valence-corrected chi connectivity index (χ1v) is 10.9. The minimum absolute atomic E-state index is 0.150. The molecule has 2 fully saturated rings. The van der Waals surface area contributed by atoms with E-state index in [2.05, 4.69) is 10.6 Å². The smallest absolute Gasteiger partial charge is 0.407 e. The number of rotatable bonds is 7. The molecule has 0 aliphatic heterocycles. The van der Waals surface area contributed by atoms with Gasteiger partial charge in [-0.1, -0.05) is 0 Å². The number of carboxylic acids is 1. The maximum atomic E-state index is 11.6. The van der Waals surface area contributed by atoms with E-state index in [1.54, 1.807) is 48.5 Å². The average molecular weight is 459 g/mol. The Balaban J connectivity index is 0.000000323. The van der Waals surface area contributed by atoms with Crippen molar-refractivity contribution in [1.82, 2.24) is 10.6 Å². The van der Waals surface area contributed by atoms with Gasteiger partial charge in [0.25, 0.3) is 0 Å². The molecular formula is C22H38N2O8. The second-order valence-electron chi connectivity index (χ2n) is 10.3. The van der Waals surface area contributed by atoms with Crippen LogP contribution in [0.3, 0.4) is 0 Å². The molecule has 0 bridgehead atoms. The van der Waals surface area contributed by atoms with E-state index in [-0.39, 0.29) is 12.5 Å². The minimum Gasteiger partial charge on any atom is -0.481 e. The van der Waals surface area contributed by atoms with Gasteiger partial charge in [-0.05, 0) is 74.1 Å². The molecule has 184 valence electrons. The third-order valence-corrected chi connectivity index (χ3v) is 4.81. The maximum Gasteiger partial charge on any atom is 0.407 e. The number of hydrogen-bond acceptors (Lipinski definition) is 7. The van der Waals surface area contributed by atoms with Crippen molar-refractivity contribution < 1.29 is 38.5 Å². The number of ether oxygens (including phenoxy) is 3. The molecule has 0 aromatic carbocycles. The second kappa shape index (κ2) is 10.4. The Hall–Kier alpha value is -2.52. The Morgan fingerprint density at radius 1 is 0.781 bits per heavy atom. The van der Waals surface area contributed by atoms with Crippen molar-refractivity contribution in [3.05, 3.63) is 0 Å². The summed E-state index contributed by atoms with van der Waals surface area (Å²) in [4.78, 5) is 45.1. The number of carbonyl (C=O) groups is 4. The van der Waals surface area contributed by atoms with Crippen LogP contribution in [-0.4, -0.2) is 60.1 Å². The molecule has 2 rings (SSSR count). The van der Waals surface area contributed by atoms with Crippen molar-refractivity contribution in [2.45, 2.75) is 85.4 Å². The van der Waals surface area contributed by atoms with Crippen LogP contribution in [0, 0.1) is 10.8 Å². The number of nitrogens with one attached hydrogen (secondary N) is 2. The van der Waals surface area contributed by atoms with Crippen molar-refractivity contribution in [1.29, 1.82) is 0 Å². The van der Waals surface area contributed by atoms with Crippen molar-refractivity contribution in [3.8, 4) is 0 Å². The quantitative estimate of drug-likeness (QED) is 0.390. The van der Waals surface area contributed by atoms with E-state index in [0.717, 1.165) is 12.8 Å². The summed E-state index contributed by atoms with van der Waals surface area (Å²) in [5.74, 6) is -1.07. The predicted molar refractivity (Wildman–Crippen MR) is 116 cm³/mol. The lowest BCUT2D eigenvalue weighted by Gasteiger charge is -2.21. The summed E-state index contributed by atoms with van der Waals surface area (Å²) in [7, 11) is 0. The number of carboxylic acid groups (broad SMARTS) is 1. The summed E-state index contributed by atoms with van der Waals surface area (Å²) in [6.45, 7) is 13.3. The molecule has 0 spiro atoms. The Labute approximate surface area is 189 Å². The van der Waals surface area contributed by atoms with Gasteiger partial charge in [0.2, 0.25) is 0 Å². The summed E-state index contributed by atoms with van der Waals surface area (Å²) in [5, 5.41) is 14.0. The summed E-state index contributed by atoms with van der Waals surface area (Å²) < 4.78 is 15.1. The van der Waals surface area contributed by atoms with Crippen molar-refractivity contribution >= 4 is 24.1 Å². The minimum atomic E-state index is -0.849. The molecule has 10 nitrogen and oxygen atoms in total. The largest absolute Gasteiger partial charge is 0.481 e. The zero-order chi connectivity index (χ0) is 24.8. The summed E-state index contributed by atoms with van der Waals surface area (Å²) in [6.07, 6.45) is 1.72. The Kier molecular flexibility index (Phi) is 8.94. The van der Waals surface area contributed by atoms with E-state index < -0.39 is 40.2 Å². The normalized spacial score (nSPS) is 17.6. The fourth-order valence-electron chi connectivity index (χ4n) is 2.62. The molecule has 2 amide bonds. The third kappa shape index (κ3) is 9.74. The van der Waals surface area contributed by atoms with E-state index in [4.69, 9.17) is 19.3 Å². The third-order valence-electron chi connectivity index (χ3n) is 4.81. The lowest BCUT2D eigenvalue weighted by Crippen LogP contribution is -2.38. The first-order chi connectivity index (χ1) is 14.5. The van der Waals surface area contributed by atoms with Crippen LogP contribution in [0.4, 0.5) is 9.59 Å². The molecule has 2 aliphatic carbocycles. The Morgan fingerprint density at radius 2 is 1.16 bits per heavy atom. The average Bonchev–Trinajstić information content (AvgIpc) is 3.51. The van der Waals surface area contributed by atoms with Gasteiger partial charge in [0, 0.05) is 13.1 Å². The van der Waals surface area contributed by atoms with E-state index in [0.29, 0.717) is 26.0 Å². The van der Waals surface area contributed by atoms with Crippen molar-refractivity contribution in [2.24, 2.45) is 10.8 Å². The fourth-order valence-corrected chi connectivity index (χ4v) is 2.62. The molecule has 0 unspecified atom stereocenters. The Morgan fingerprint density at radius 3 is 1.44 bits per heavy atom. The monoisotopic (exact) mass is 458 g/mol. The van der Waals surface area contributed by atoms with Crippen LogP contribution in [0.5, 0.6) is 0 Å². The molecule has 10 heteroatoms. The molecule has 0 radical (unpaired) electrons. The summed E-state index contributed by atoms with van der Waals surface area (Å²) >= 11 is 0. The van der Waals surface area contributed by atoms with Crippen LogP contribution in [0.1, 0.15) is 74.1 Å². The van der Waals surface area contributed by atoms with Crippen LogP contribution >= 0.6 is 0 Å².